The van der Waals surface area contributed by atoms with Crippen molar-refractivity contribution in [3.05, 3.63) is 69.7 Å². The number of benzene rings is 2. The van der Waals surface area contributed by atoms with Crippen LogP contribution in [0.3, 0.4) is 0 Å². The van der Waals surface area contributed by atoms with E-state index in [4.69, 9.17) is 0 Å². The molecule has 2 atom stereocenters. The third-order valence-electron chi connectivity index (χ3n) is 4.66. The Labute approximate surface area is 141 Å². The number of rotatable bonds is 3. The second-order valence-corrected chi connectivity index (χ2v) is 6.82. The smallest absolute Gasteiger partial charge is 0.262 e. The standard InChI is InChI=1S/C18H12BrNO3/c19-12-7-5-11(6-8-12)15-9-18(15,10-21)20-16(22)13-3-1-2-4-14(13)17(20)23/h1-8,10,15H,9H2/t15-,18+/m0/s1. The van der Waals surface area contributed by atoms with E-state index >= 15 is 0 Å². The van der Waals surface area contributed by atoms with E-state index in [0.717, 1.165) is 21.2 Å². The van der Waals surface area contributed by atoms with Gasteiger partial charge in [-0.3, -0.25) is 14.5 Å². The maximum absolute atomic E-state index is 12.6. The van der Waals surface area contributed by atoms with E-state index in [1.807, 2.05) is 24.3 Å². The summed E-state index contributed by atoms with van der Waals surface area (Å²) in [6.45, 7) is 0. The predicted molar refractivity (Wildman–Crippen MR) is 87.2 cm³/mol. The first-order chi connectivity index (χ1) is 11.1. The molecule has 0 radical (unpaired) electrons. The number of aldehydes is 1. The highest BCUT2D eigenvalue weighted by Crippen LogP contribution is 2.56. The van der Waals surface area contributed by atoms with Crippen LogP contribution in [0.15, 0.2) is 53.0 Å². The minimum Gasteiger partial charge on any atom is -0.301 e. The zero-order valence-electron chi connectivity index (χ0n) is 12.0. The van der Waals surface area contributed by atoms with Crippen LogP contribution in [-0.2, 0) is 4.79 Å². The SMILES string of the molecule is O=C[C@]1(N2C(=O)c3ccccc3C2=O)C[C@H]1c1ccc(Br)cc1. The molecule has 0 spiro atoms. The van der Waals surface area contributed by atoms with Crippen molar-refractivity contribution in [3.63, 3.8) is 0 Å². The highest BCUT2D eigenvalue weighted by atomic mass is 79.9. The number of carbonyl (C=O) groups is 3. The Hall–Kier alpha value is -2.27. The topological polar surface area (TPSA) is 54.5 Å². The third-order valence-corrected chi connectivity index (χ3v) is 5.19. The molecule has 0 unspecified atom stereocenters. The second-order valence-electron chi connectivity index (χ2n) is 5.91. The molecule has 2 aromatic rings. The third kappa shape index (κ3) is 1.93. The molecular weight excluding hydrogens is 358 g/mol. The number of amides is 2. The monoisotopic (exact) mass is 369 g/mol. The molecule has 0 bridgehead atoms. The van der Waals surface area contributed by atoms with Gasteiger partial charge in [0, 0.05) is 10.4 Å². The van der Waals surface area contributed by atoms with Crippen LogP contribution in [0.2, 0.25) is 0 Å². The average molecular weight is 370 g/mol. The highest BCUT2D eigenvalue weighted by Gasteiger charge is 2.64. The van der Waals surface area contributed by atoms with Gasteiger partial charge in [0.1, 0.15) is 11.8 Å². The van der Waals surface area contributed by atoms with Gasteiger partial charge in [-0.25, -0.2) is 0 Å². The van der Waals surface area contributed by atoms with Crippen molar-refractivity contribution < 1.29 is 14.4 Å². The first-order valence-electron chi connectivity index (χ1n) is 7.28. The summed E-state index contributed by atoms with van der Waals surface area (Å²) in [5.74, 6) is -0.898. The first kappa shape index (κ1) is 14.3. The summed E-state index contributed by atoms with van der Waals surface area (Å²) >= 11 is 3.38. The Morgan fingerprint density at radius 2 is 1.57 bits per heavy atom. The lowest BCUT2D eigenvalue weighted by atomic mass is 10.1. The Bertz CT molecular complexity index is 811. The Kier molecular flexibility index (Phi) is 3.03. The summed E-state index contributed by atoms with van der Waals surface area (Å²) in [6.07, 6.45) is 1.23. The van der Waals surface area contributed by atoms with Gasteiger partial charge in [0.05, 0.1) is 11.1 Å². The molecule has 5 heteroatoms. The van der Waals surface area contributed by atoms with Crippen LogP contribution in [0, 0.1) is 0 Å². The van der Waals surface area contributed by atoms with Gasteiger partial charge in [-0.15, -0.1) is 0 Å². The molecule has 0 saturated heterocycles. The molecule has 2 amide bonds. The van der Waals surface area contributed by atoms with Crippen molar-refractivity contribution in [2.24, 2.45) is 0 Å². The van der Waals surface area contributed by atoms with Gasteiger partial charge in [0.15, 0.2) is 0 Å². The zero-order valence-corrected chi connectivity index (χ0v) is 13.6. The van der Waals surface area contributed by atoms with Crippen molar-refractivity contribution in [2.75, 3.05) is 0 Å². The molecule has 114 valence electrons. The second kappa shape index (κ2) is 4.86. The minimum absolute atomic E-state index is 0.143. The lowest BCUT2D eigenvalue weighted by Crippen LogP contribution is -2.44. The van der Waals surface area contributed by atoms with Crippen LogP contribution in [0.1, 0.15) is 38.6 Å². The minimum atomic E-state index is -1.05. The molecule has 23 heavy (non-hydrogen) atoms. The molecule has 1 saturated carbocycles. The molecule has 2 aromatic carbocycles. The van der Waals surface area contributed by atoms with Crippen LogP contribution < -0.4 is 0 Å². The molecule has 2 aliphatic rings. The fourth-order valence-electron chi connectivity index (χ4n) is 3.37. The fourth-order valence-corrected chi connectivity index (χ4v) is 3.63. The zero-order chi connectivity index (χ0) is 16.2. The van der Waals surface area contributed by atoms with Gasteiger partial charge in [-0.2, -0.15) is 0 Å². The van der Waals surface area contributed by atoms with Crippen molar-refractivity contribution >= 4 is 34.0 Å². The van der Waals surface area contributed by atoms with Crippen molar-refractivity contribution in [1.29, 1.82) is 0 Å². The Morgan fingerprint density at radius 3 is 2.09 bits per heavy atom. The average Bonchev–Trinajstić information content (AvgIpc) is 3.25. The molecule has 1 heterocycles. The van der Waals surface area contributed by atoms with Gasteiger partial charge in [-0.05, 0) is 36.2 Å². The van der Waals surface area contributed by atoms with Gasteiger partial charge in [-0.1, -0.05) is 40.2 Å². The van der Waals surface area contributed by atoms with Crippen molar-refractivity contribution in [2.45, 2.75) is 17.9 Å². The lowest BCUT2D eigenvalue weighted by molar-refractivity contribution is -0.112. The van der Waals surface area contributed by atoms with Gasteiger partial charge in [0.2, 0.25) is 0 Å². The number of fused-ring (bicyclic) bond motifs is 1. The van der Waals surface area contributed by atoms with E-state index in [-0.39, 0.29) is 17.7 Å². The van der Waals surface area contributed by atoms with E-state index in [9.17, 15) is 14.4 Å². The molecule has 1 aliphatic heterocycles. The summed E-state index contributed by atoms with van der Waals surface area (Å²) < 4.78 is 0.944. The van der Waals surface area contributed by atoms with Crippen LogP contribution in [0.25, 0.3) is 0 Å². The molecular formula is C18H12BrNO3. The van der Waals surface area contributed by atoms with E-state index in [0.29, 0.717) is 17.5 Å². The van der Waals surface area contributed by atoms with Gasteiger partial charge >= 0.3 is 0 Å². The normalized spacial score (nSPS) is 25.4. The highest BCUT2D eigenvalue weighted by molar-refractivity contribution is 9.10. The van der Waals surface area contributed by atoms with Crippen LogP contribution in [0.4, 0.5) is 0 Å². The molecule has 0 aromatic heterocycles. The Morgan fingerprint density at radius 1 is 1.00 bits per heavy atom. The van der Waals surface area contributed by atoms with E-state index < -0.39 is 5.54 Å². The number of hydrogen-bond donors (Lipinski definition) is 0. The number of imide groups is 1. The van der Waals surface area contributed by atoms with Crippen LogP contribution in [-0.4, -0.2) is 28.5 Å². The summed E-state index contributed by atoms with van der Waals surface area (Å²) in [4.78, 5) is 38.2. The largest absolute Gasteiger partial charge is 0.301 e. The lowest BCUT2D eigenvalue weighted by Gasteiger charge is -2.22. The molecule has 1 aliphatic carbocycles. The van der Waals surface area contributed by atoms with Gasteiger partial charge < -0.3 is 4.79 Å². The number of nitrogens with zero attached hydrogens (tertiary/aromatic N) is 1. The quantitative estimate of drug-likeness (QED) is 0.616. The maximum atomic E-state index is 12.6. The fraction of sp³-hybridized carbons (Fsp3) is 0.167. The number of hydrogen-bond acceptors (Lipinski definition) is 3. The first-order valence-corrected chi connectivity index (χ1v) is 8.07. The summed E-state index contributed by atoms with van der Waals surface area (Å²) in [6, 6.07) is 14.3. The van der Waals surface area contributed by atoms with Crippen LogP contribution >= 0.6 is 15.9 Å². The predicted octanol–water partition coefficient (Wildman–Crippen LogP) is 3.17. The Balaban J connectivity index is 1.73. The van der Waals surface area contributed by atoms with E-state index in [1.165, 1.54) is 0 Å². The van der Waals surface area contributed by atoms with Crippen molar-refractivity contribution in [3.8, 4) is 0 Å². The summed E-state index contributed by atoms with van der Waals surface area (Å²) in [7, 11) is 0. The molecule has 4 rings (SSSR count). The molecule has 1 fully saturated rings. The molecule has 4 nitrogen and oxygen atoms in total. The maximum Gasteiger partial charge on any atom is 0.262 e. The van der Waals surface area contributed by atoms with Crippen LogP contribution in [0.5, 0.6) is 0 Å². The van der Waals surface area contributed by atoms with E-state index in [1.54, 1.807) is 24.3 Å². The summed E-state index contributed by atoms with van der Waals surface area (Å²) in [5.41, 5.74) is 0.651. The van der Waals surface area contributed by atoms with Gasteiger partial charge in [0.25, 0.3) is 11.8 Å². The van der Waals surface area contributed by atoms with E-state index in [2.05, 4.69) is 15.9 Å². The molecule has 0 N–H and O–H groups in total. The summed E-state index contributed by atoms with van der Waals surface area (Å²) in [5, 5.41) is 0. The number of halogens is 1. The van der Waals surface area contributed by atoms with Crippen molar-refractivity contribution in [1.82, 2.24) is 4.90 Å². The number of carbonyl (C=O) groups excluding carboxylic acids is 3.